The fourth-order valence-corrected chi connectivity index (χ4v) is 2.89. The molecule has 1 aliphatic heterocycles. The molecule has 3 heteroatoms. The van der Waals surface area contributed by atoms with Crippen LogP contribution in [0.5, 0.6) is 0 Å². The van der Waals surface area contributed by atoms with Crippen LogP contribution in [0.2, 0.25) is 0 Å². The Labute approximate surface area is 118 Å². The van der Waals surface area contributed by atoms with E-state index < -0.39 is 0 Å². The Morgan fingerprint density at radius 1 is 1.37 bits per heavy atom. The summed E-state index contributed by atoms with van der Waals surface area (Å²) in [7, 11) is 0. The highest BCUT2D eigenvalue weighted by molar-refractivity contribution is 5.09. The van der Waals surface area contributed by atoms with E-state index in [9.17, 15) is 0 Å². The minimum Gasteiger partial charge on any atom is -0.301 e. The number of unbranched alkanes of at least 4 members (excludes halogenated alkanes) is 2. The van der Waals surface area contributed by atoms with Gasteiger partial charge in [0.25, 0.3) is 0 Å². The maximum atomic E-state index is 4.58. The first kappa shape index (κ1) is 14.6. The molecule has 1 aromatic heterocycles. The third-order valence-electron chi connectivity index (χ3n) is 4.22. The van der Waals surface area contributed by atoms with Gasteiger partial charge in [-0.05, 0) is 43.8 Å². The third kappa shape index (κ3) is 4.07. The summed E-state index contributed by atoms with van der Waals surface area (Å²) in [6, 6.07) is 0.586. The van der Waals surface area contributed by atoms with Crippen molar-refractivity contribution in [3.05, 3.63) is 18.0 Å². The molecule has 0 N–H and O–H groups in total. The van der Waals surface area contributed by atoms with Gasteiger partial charge in [0.05, 0.1) is 12.2 Å². The molecule has 2 rings (SSSR count). The van der Waals surface area contributed by atoms with Crippen LogP contribution < -0.4 is 0 Å². The van der Waals surface area contributed by atoms with E-state index in [1.54, 1.807) is 0 Å². The van der Waals surface area contributed by atoms with Crippen molar-refractivity contribution in [1.82, 2.24) is 14.7 Å². The maximum Gasteiger partial charge on any atom is 0.0646 e. The van der Waals surface area contributed by atoms with Crippen molar-refractivity contribution in [2.75, 3.05) is 19.6 Å². The Morgan fingerprint density at radius 3 is 2.89 bits per heavy atom. The van der Waals surface area contributed by atoms with Gasteiger partial charge < -0.3 is 4.90 Å². The van der Waals surface area contributed by atoms with Crippen LogP contribution in [0.1, 0.15) is 70.4 Å². The van der Waals surface area contributed by atoms with E-state index >= 15 is 0 Å². The number of hydrogen-bond donors (Lipinski definition) is 0. The minimum absolute atomic E-state index is 0.581. The summed E-state index contributed by atoms with van der Waals surface area (Å²) in [6.45, 7) is 10.5. The third-order valence-corrected chi connectivity index (χ3v) is 4.22. The first-order valence-electron chi connectivity index (χ1n) is 7.97. The highest BCUT2D eigenvalue weighted by atomic mass is 15.3. The molecule has 2 heterocycles. The lowest BCUT2D eigenvalue weighted by atomic mass is 10.0. The topological polar surface area (TPSA) is 21.1 Å². The van der Waals surface area contributed by atoms with Crippen LogP contribution in [0.25, 0.3) is 0 Å². The molecular formula is C16H29N3. The van der Waals surface area contributed by atoms with Gasteiger partial charge in [-0.25, -0.2) is 0 Å². The standard InChI is InChI=1S/C16H29N3/c1-4-5-6-9-18-10-7-8-16(13-18)19-12-15(11-17-19)14(2)3/h11-12,14,16H,4-10,13H2,1-3H3. The second kappa shape index (κ2) is 7.09. The Hall–Kier alpha value is -0.830. The van der Waals surface area contributed by atoms with Gasteiger partial charge in [0.1, 0.15) is 0 Å². The molecule has 0 amide bonds. The number of hydrogen-bond acceptors (Lipinski definition) is 2. The van der Waals surface area contributed by atoms with Crippen LogP contribution in [-0.4, -0.2) is 34.3 Å². The van der Waals surface area contributed by atoms with Gasteiger partial charge in [-0.2, -0.15) is 5.10 Å². The summed E-state index contributed by atoms with van der Waals surface area (Å²) in [6.07, 6.45) is 10.9. The Morgan fingerprint density at radius 2 is 2.21 bits per heavy atom. The number of rotatable bonds is 6. The first-order valence-corrected chi connectivity index (χ1v) is 7.97. The highest BCUT2D eigenvalue weighted by Gasteiger charge is 2.21. The average molecular weight is 263 g/mol. The number of piperidine rings is 1. The van der Waals surface area contributed by atoms with Crippen LogP contribution >= 0.6 is 0 Å². The second-order valence-corrected chi connectivity index (χ2v) is 6.21. The largest absolute Gasteiger partial charge is 0.301 e. The summed E-state index contributed by atoms with van der Waals surface area (Å²) in [5, 5.41) is 4.58. The van der Waals surface area contributed by atoms with E-state index in [1.165, 1.54) is 57.3 Å². The van der Waals surface area contributed by atoms with Gasteiger partial charge in [0.15, 0.2) is 0 Å². The molecule has 1 aliphatic rings. The fraction of sp³-hybridized carbons (Fsp3) is 0.812. The Kier molecular flexibility index (Phi) is 5.44. The SMILES string of the molecule is CCCCCN1CCCC(n2cc(C(C)C)cn2)C1. The quantitative estimate of drug-likeness (QED) is 0.727. The lowest BCUT2D eigenvalue weighted by Gasteiger charge is -2.32. The van der Waals surface area contributed by atoms with Crippen molar-refractivity contribution < 1.29 is 0 Å². The van der Waals surface area contributed by atoms with Gasteiger partial charge in [-0.1, -0.05) is 33.6 Å². The molecular weight excluding hydrogens is 234 g/mol. The van der Waals surface area contributed by atoms with Crippen molar-refractivity contribution in [3.8, 4) is 0 Å². The van der Waals surface area contributed by atoms with E-state index in [0.717, 1.165) is 0 Å². The number of likely N-dealkylation sites (tertiary alicyclic amines) is 1. The van der Waals surface area contributed by atoms with E-state index in [4.69, 9.17) is 0 Å². The average Bonchev–Trinajstić information content (AvgIpc) is 2.89. The summed E-state index contributed by atoms with van der Waals surface area (Å²) in [5.74, 6) is 0.581. The molecule has 19 heavy (non-hydrogen) atoms. The molecule has 0 saturated carbocycles. The normalized spacial score (nSPS) is 21.2. The molecule has 0 spiro atoms. The van der Waals surface area contributed by atoms with Gasteiger partial charge in [-0.15, -0.1) is 0 Å². The van der Waals surface area contributed by atoms with Crippen molar-refractivity contribution in [2.24, 2.45) is 0 Å². The van der Waals surface area contributed by atoms with E-state index in [0.29, 0.717) is 12.0 Å². The van der Waals surface area contributed by atoms with Gasteiger partial charge in [0.2, 0.25) is 0 Å². The predicted molar refractivity (Wildman–Crippen MR) is 80.6 cm³/mol. The molecule has 0 aromatic carbocycles. The van der Waals surface area contributed by atoms with E-state index in [2.05, 4.69) is 41.6 Å². The summed E-state index contributed by atoms with van der Waals surface area (Å²) in [5.41, 5.74) is 1.36. The number of nitrogens with zero attached hydrogens (tertiary/aromatic N) is 3. The van der Waals surface area contributed by atoms with Crippen molar-refractivity contribution in [3.63, 3.8) is 0 Å². The molecule has 0 aliphatic carbocycles. The molecule has 1 atom stereocenters. The van der Waals surface area contributed by atoms with E-state index in [-0.39, 0.29) is 0 Å². The van der Waals surface area contributed by atoms with Crippen molar-refractivity contribution in [2.45, 2.75) is 64.8 Å². The van der Waals surface area contributed by atoms with E-state index in [1.807, 2.05) is 6.20 Å². The molecule has 1 saturated heterocycles. The zero-order valence-corrected chi connectivity index (χ0v) is 12.8. The summed E-state index contributed by atoms with van der Waals surface area (Å²) in [4.78, 5) is 2.63. The molecule has 3 nitrogen and oxygen atoms in total. The molecule has 1 aromatic rings. The van der Waals surface area contributed by atoms with Crippen LogP contribution in [-0.2, 0) is 0 Å². The Bertz CT molecular complexity index is 370. The molecule has 1 unspecified atom stereocenters. The molecule has 1 fully saturated rings. The zero-order valence-electron chi connectivity index (χ0n) is 12.8. The highest BCUT2D eigenvalue weighted by Crippen LogP contribution is 2.23. The first-order chi connectivity index (χ1) is 9.20. The van der Waals surface area contributed by atoms with Crippen LogP contribution in [0.3, 0.4) is 0 Å². The summed E-state index contributed by atoms with van der Waals surface area (Å²) >= 11 is 0. The van der Waals surface area contributed by atoms with Crippen LogP contribution in [0.15, 0.2) is 12.4 Å². The van der Waals surface area contributed by atoms with Crippen LogP contribution in [0.4, 0.5) is 0 Å². The minimum atomic E-state index is 0.581. The smallest absolute Gasteiger partial charge is 0.0646 e. The zero-order chi connectivity index (χ0) is 13.7. The second-order valence-electron chi connectivity index (χ2n) is 6.21. The van der Waals surface area contributed by atoms with Gasteiger partial charge in [-0.3, -0.25) is 4.68 Å². The van der Waals surface area contributed by atoms with Crippen LogP contribution in [0, 0.1) is 0 Å². The lowest BCUT2D eigenvalue weighted by molar-refractivity contribution is 0.167. The van der Waals surface area contributed by atoms with Gasteiger partial charge >= 0.3 is 0 Å². The molecule has 0 bridgehead atoms. The lowest BCUT2D eigenvalue weighted by Crippen LogP contribution is -2.37. The molecule has 108 valence electrons. The fourth-order valence-electron chi connectivity index (χ4n) is 2.89. The molecule has 0 radical (unpaired) electrons. The monoisotopic (exact) mass is 263 g/mol. The van der Waals surface area contributed by atoms with Crippen molar-refractivity contribution in [1.29, 1.82) is 0 Å². The van der Waals surface area contributed by atoms with Gasteiger partial charge in [0, 0.05) is 12.7 Å². The number of aromatic nitrogens is 2. The maximum absolute atomic E-state index is 4.58. The summed E-state index contributed by atoms with van der Waals surface area (Å²) < 4.78 is 2.21. The van der Waals surface area contributed by atoms with Crippen molar-refractivity contribution >= 4 is 0 Å². The predicted octanol–water partition coefficient (Wildman–Crippen LogP) is 3.83. The Balaban J connectivity index is 1.88.